The van der Waals surface area contributed by atoms with Gasteiger partial charge >= 0.3 is 0 Å². The van der Waals surface area contributed by atoms with E-state index in [1.54, 1.807) is 0 Å². The van der Waals surface area contributed by atoms with Crippen molar-refractivity contribution in [2.75, 3.05) is 13.1 Å². The van der Waals surface area contributed by atoms with Crippen LogP contribution in [0.4, 0.5) is 0 Å². The number of hydrogen-bond donors (Lipinski definition) is 1. The zero-order chi connectivity index (χ0) is 17.1. The van der Waals surface area contributed by atoms with Crippen LogP contribution in [0.3, 0.4) is 0 Å². The molecule has 0 atom stereocenters. The average Bonchev–Trinajstić information content (AvgIpc) is 3.05. The van der Waals surface area contributed by atoms with Gasteiger partial charge in [0, 0.05) is 42.4 Å². The van der Waals surface area contributed by atoms with E-state index in [0.717, 1.165) is 42.3 Å². The summed E-state index contributed by atoms with van der Waals surface area (Å²) < 4.78 is 0. The smallest absolute Gasteiger partial charge is 0.137 e. The van der Waals surface area contributed by atoms with Crippen molar-refractivity contribution in [2.45, 2.75) is 13.0 Å². The van der Waals surface area contributed by atoms with Crippen LogP contribution in [-0.2, 0) is 6.54 Å². The second-order valence-electron chi connectivity index (χ2n) is 6.33. The average molecular weight is 350 g/mol. The summed E-state index contributed by atoms with van der Waals surface area (Å²) >= 11 is 6.21. The van der Waals surface area contributed by atoms with Crippen LogP contribution < -0.4 is 0 Å². The standard InChI is InChI=1S/C21H20ClN3/c22-20-6-2-1-4-17(20)8-7-16-9-12-25(13-10-16)15-18-14-24-21-19(18)5-3-11-23-21/h1-9,11,14H,10,12-13,15H2,(H,23,24). The molecule has 4 rings (SSSR count). The van der Waals surface area contributed by atoms with E-state index in [-0.39, 0.29) is 0 Å². The fourth-order valence-electron chi connectivity index (χ4n) is 3.21. The molecule has 25 heavy (non-hydrogen) atoms. The van der Waals surface area contributed by atoms with E-state index < -0.39 is 0 Å². The molecule has 3 nitrogen and oxygen atoms in total. The molecule has 4 heteroatoms. The van der Waals surface area contributed by atoms with Crippen molar-refractivity contribution in [3.05, 3.63) is 82.7 Å². The molecule has 1 aliphatic heterocycles. The van der Waals surface area contributed by atoms with Gasteiger partial charge in [0.25, 0.3) is 0 Å². The van der Waals surface area contributed by atoms with Crippen LogP contribution in [0.5, 0.6) is 0 Å². The lowest BCUT2D eigenvalue weighted by Gasteiger charge is -2.25. The third-order valence-electron chi connectivity index (χ3n) is 4.64. The molecule has 0 amide bonds. The summed E-state index contributed by atoms with van der Waals surface area (Å²) in [5, 5.41) is 2.01. The summed E-state index contributed by atoms with van der Waals surface area (Å²) in [7, 11) is 0. The van der Waals surface area contributed by atoms with Gasteiger partial charge in [-0.05, 0) is 41.3 Å². The number of nitrogens with one attached hydrogen (secondary N) is 1. The fraction of sp³-hybridized carbons (Fsp3) is 0.190. The van der Waals surface area contributed by atoms with Gasteiger partial charge in [0.15, 0.2) is 0 Å². The topological polar surface area (TPSA) is 31.9 Å². The molecule has 0 saturated heterocycles. The largest absolute Gasteiger partial charge is 0.346 e. The van der Waals surface area contributed by atoms with Crippen molar-refractivity contribution in [1.82, 2.24) is 14.9 Å². The molecule has 1 aromatic carbocycles. The monoisotopic (exact) mass is 349 g/mol. The number of H-pyrrole nitrogens is 1. The lowest BCUT2D eigenvalue weighted by Crippen LogP contribution is -2.27. The maximum absolute atomic E-state index is 6.21. The van der Waals surface area contributed by atoms with Gasteiger partial charge in [-0.3, -0.25) is 4.90 Å². The van der Waals surface area contributed by atoms with Crippen molar-refractivity contribution in [3.63, 3.8) is 0 Å². The lowest BCUT2D eigenvalue weighted by atomic mass is 10.1. The summed E-state index contributed by atoms with van der Waals surface area (Å²) in [5.74, 6) is 0. The van der Waals surface area contributed by atoms with Crippen LogP contribution in [0.1, 0.15) is 17.5 Å². The number of rotatable bonds is 4. The van der Waals surface area contributed by atoms with Gasteiger partial charge in [0.1, 0.15) is 5.65 Å². The second-order valence-corrected chi connectivity index (χ2v) is 6.74. The van der Waals surface area contributed by atoms with Gasteiger partial charge in [-0.1, -0.05) is 48.0 Å². The normalized spacial score (nSPS) is 15.8. The molecule has 0 unspecified atom stereocenters. The number of benzene rings is 1. The first-order valence-corrected chi connectivity index (χ1v) is 8.92. The van der Waals surface area contributed by atoms with Crippen molar-refractivity contribution in [1.29, 1.82) is 0 Å². The highest BCUT2D eigenvalue weighted by Crippen LogP contribution is 2.22. The van der Waals surface area contributed by atoms with Crippen molar-refractivity contribution in [2.24, 2.45) is 0 Å². The van der Waals surface area contributed by atoms with Crippen LogP contribution in [-0.4, -0.2) is 28.0 Å². The zero-order valence-electron chi connectivity index (χ0n) is 14.0. The molecule has 0 fully saturated rings. The van der Waals surface area contributed by atoms with Gasteiger partial charge in [-0.25, -0.2) is 4.98 Å². The maximum atomic E-state index is 6.21. The molecule has 0 radical (unpaired) electrons. The van der Waals surface area contributed by atoms with Crippen LogP contribution in [0.25, 0.3) is 17.1 Å². The number of hydrogen-bond acceptors (Lipinski definition) is 2. The number of allylic oxidation sites excluding steroid dienone is 1. The van der Waals surface area contributed by atoms with Crippen molar-refractivity contribution >= 4 is 28.7 Å². The highest BCUT2D eigenvalue weighted by Gasteiger charge is 2.13. The highest BCUT2D eigenvalue weighted by molar-refractivity contribution is 6.32. The number of aromatic nitrogens is 2. The Morgan fingerprint density at radius 2 is 2.08 bits per heavy atom. The predicted molar refractivity (Wildman–Crippen MR) is 105 cm³/mol. The van der Waals surface area contributed by atoms with Gasteiger partial charge in [0.2, 0.25) is 0 Å². The highest BCUT2D eigenvalue weighted by atomic mass is 35.5. The van der Waals surface area contributed by atoms with E-state index in [9.17, 15) is 0 Å². The van der Waals surface area contributed by atoms with E-state index in [1.807, 2.05) is 36.5 Å². The van der Waals surface area contributed by atoms with Crippen LogP contribution in [0.15, 0.2) is 66.5 Å². The summed E-state index contributed by atoms with van der Waals surface area (Å²) in [6.45, 7) is 2.98. The second kappa shape index (κ2) is 7.26. The van der Waals surface area contributed by atoms with Gasteiger partial charge in [-0.2, -0.15) is 0 Å². The molecule has 1 N–H and O–H groups in total. The third-order valence-corrected chi connectivity index (χ3v) is 4.99. The molecule has 3 aromatic rings. The maximum Gasteiger partial charge on any atom is 0.137 e. The molecule has 0 bridgehead atoms. The third kappa shape index (κ3) is 3.68. The summed E-state index contributed by atoms with van der Waals surface area (Å²) in [4.78, 5) is 10.1. The summed E-state index contributed by atoms with van der Waals surface area (Å²) in [6.07, 6.45) is 11.6. The lowest BCUT2D eigenvalue weighted by molar-refractivity contribution is 0.288. The van der Waals surface area contributed by atoms with Crippen molar-refractivity contribution in [3.8, 4) is 0 Å². The minimum absolute atomic E-state index is 0.796. The molecule has 3 heterocycles. The number of pyridine rings is 1. The first-order chi connectivity index (χ1) is 12.3. The molecule has 1 aliphatic rings. The van der Waals surface area contributed by atoms with Crippen LogP contribution in [0, 0.1) is 0 Å². The first kappa shape index (κ1) is 16.1. The van der Waals surface area contributed by atoms with Crippen molar-refractivity contribution < 1.29 is 0 Å². The Morgan fingerprint density at radius 3 is 2.92 bits per heavy atom. The zero-order valence-corrected chi connectivity index (χ0v) is 14.7. The van der Waals surface area contributed by atoms with Gasteiger partial charge in [-0.15, -0.1) is 0 Å². The Morgan fingerprint density at radius 1 is 1.16 bits per heavy atom. The molecule has 0 spiro atoms. The molecule has 0 aliphatic carbocycles. The minimum atomic E-state index is 0.796. The molecular formula is C21H20ClN3. The summed E-state index contributed by atoms with van der Waals surface area (Å²) in [6, 6.07) is 12.1. The molecule has 0 saturated carbocycles. The minimum Gasteiger partial charge on any atom is -0.346 e. The van der Waals surface area contributed by atoms with Crippen LogP contribution >= 0.6 is 11.6 Å². The quantitative estimate of drug-likeness (QED) is 0.713. The van der Waals surface area contributed by atoms with E-state index in [4.69, 9.17) is 11.6 Å². The number of fused-ring (bicyclic) bond motifs is 1. The SMILES string of the molecule is Clc1ccccc1C=CC1=CCN(Cc2c[nH]c3ncccc23)CC1. The number of nitrogens with zero attached hydrogens (tertiary/aromatic N) is 2. The van der Waals surface area contributed by atoms with Crippen LogP contribution in [0.2, 0.25) is 5.02 Å². The van der Waals surface area contributed by atoms with Gasteiger partial charge < -0.3 is 4.98 Å². The van der Waals surface area contributed by atoms with E-state index in [0.29, 0.717) is 0 Å². The van der Waals surface area contributed by atoms with E-state index in [1.165, 1.54) is 16.5 Å². The number of halogens is 1. The predicted octanol–water partition coefficient (Wildman–Crippen LogP) is 5.06. The summed E-state index contributed by atoms with van der Waals surface area (Å²) in [5.41, 5.74) is 4.72. The Bertz CT molecular complexity index is 939. The fourth-order valence-corrected chi connectivity index (χ4v) is 3.41. The van der Waals surface area contributed by atoms with E-state index >= 15 is 0 Å². The number of aromatic amines is 1. The first-order valence-electron chi connectivity index (χ1n) is 8.54. The Balaban J connectivity index is 1.41. The van der Waals surface area contributed by atoms with E-state index in [2.05, 4.69) is 45.4 Å². The molecular weight excluding hydrogens is 330 g/mol. The molecule has 2 aromatic heterocycles. The Hall–Kier alpha value is -2.36. The van der Waals surface area contributed by atoms with Gasteiger partial charge in [0.05, 0.1) is 0 Å². The Kier molecular flexibility index (Phi) is 4.68. The molecule has 126 valence electrons. The Labute approximate surface area is 152 Å².